The van der Waals surface area contributed by atoms with Crippen LogP contribution >= 0.6 is 0 Å². The number of aryl methyl sites for hydroxylation is 2. The zero-order chi connectivity index (χ0) is 15.8. The molecule has 0 saturated heterocycles. The minimum absolute atomic E-state index is 0.225. The Morgan fingerprint density at radius 3 is 2.43 bits per heavy atom. The summed E-state index contributed by atoms with van der Waals surface area (Å²) in [4.78, 5) is 0.266. The number of benzene rings is 1. The van der Waals surface area contributed by atoms with Crippen LogP contribution < -0.4 is 5.73 Å². The highest BCUT2D eigenvalue weighted by molar-refractivity contribution is 7.89. The van der Waals surface area contributed by atoms with E-state index in [4.69, 9.17) is 5.73 Å². The number of para-hydroxylation sites is 1. The van der Waals surface area contributed by atoms with Gasteiger partial charge in [-0.15, -0.1) is 0 Å². The van der Waals surface area contributed by atoms with E-state index in [1.54, 1.807) is 38.7 Å². The van der Waals surface area contributed by atoms with Gasteiger partial charge in [-0.3, -0.25) is 4.68 Å². The van der Waals surface area contributed by atoms with Gasteiger partial charge in [-0.25, -0.2) is 8.42 Å². The molecule has 0 fully saturated rings. The number of nitrogens with two attached hydrogens (primary N) is 1. The standard InChI is InChI=1S/C14H20N4O2S/c1-10-14(11(2)18(4)16-10)21(19,20)17(3)9-12-7-5-6-8-13(12)15/h5-8H,9,15H2,1-4H3. The first kappa shape index (κ1) is 15.5. The highest BCUT2D eigenvalue weighted by Crippen LogP contribution is 2.24. The Morgan fingerprint density at radius 1 is 1.29 bits per heavy atom. The lowest BCUT2D eigenvalue weighted by molar-refractivity contribution is 0.466. The molecule has 0 amide bonds. The van der Waals surface area contributed by atoms with Crippen molar-refractivity contribution in [3.63, 3.8) is 0 Å². The lowest BCUT2D eigenvalue weighted by atomic mass is 10.2. The smallest absolute Gasteiger partial charge is 0.246 e. The molecule has 2 aromatic rings. The summed E-state index contributed by atoms with van der Waals surface area (Å²) in [5, 5.41) is 4.17. The predicted octanol–water partition coefficient (Wildman–Crippen LogP) is 1.44. The number of aromatic nitrogens is 2. The van der Waals surface area contributed by atoms with Crippen molar-refractivity contribution in [3.05, 3.63) is 41.2 Å². The molecule has 0 radical (unpaired) electrons. The summed E-state index contributed by atoms with van der Waals surface area (Å²) in [6.07, 6.45) is 0. The number of hydrogen-bond donors (Lipinski definition) is 1. The van der Waals surface area contributed by atoms with E-state index in [-0.39, 0.29) is 11.4 Å². The Bertz CT molecular complexity index is 765. The van der Waals surface area contributed by atoms with E-state index >= 15 is 0 Å². The van der Waals surface area contributed by atoms with Gasteiger partial charge in [-0.1, -0.05) is 18.2 Å². The van der Waals surface area contributed by atoms with E-state index in [1.165, 1.54) is 4.31 Å². The predicted molar refractivity (Wildman–Crippen MR) is 82.2 cm³/mol. The highest BCUT2D eigenvalue weighted by atomic mass is 32.2. The van der Waals surface area contributed by atoms with Crippen LogP contribution in [-0.4, -0.2) is 29.6 Å². The largest absolute Gasteiger partial charge is 0.398 e. The second-order valence-electron chi connectivity index (χ2n) is 5.08. The molecule has 0 bridgehead atoms. The molecule has 2 rings (SSSR count). The molecule has 0 atom stereocenters. The van der Waals surface area contributed by atoms with Crippen molar-refractivity contribution in [2.24, 2.45) is 7.05 Å². The first-order valence-electron chi connectivity index (χ1n) is 6.55. The third-order valence-electron chi connectivity index (χ3n) is 3.56. The SMILES string of the molecule is Cc1nn(C)c(C)c1S(=O)(=O)N(C)Cc1ccccc1N. The summed E-state index contributed by atoms with van der Waals surface area (Å²) in [6, 6.07) is 7.25. The average Bonchev–Trinajstić information content (AvgIpc) is 2.66. The molecular formula is C14H20N4O2S. The van der Waals surface area contributed by atoms with Gasteiger partial charge in [0.15, 0.2) is 0 Å². The molecular weight excluding hydrogens is 288 g/mol. The van der Waals surface area contributed by atoms with Crippen molar-refractivity contribution in [2.45, 2.75) is 25.3 Å². The third kappa shape index (κ3) is 2.79. The van der Waals surface area contributed by atoms with Crippen molar-refractivity contribution in [1.82, 2.24) is 14.1 Å². The van der Waals surface area contributed by atoms with Crippen LogP contribution in [-0.2, 0) is 23.6 Å². The van der Waals surface area contributed by atoms with Crippen LogP contribution in [0.15, 0.2) is 29.2 Å². The molecule has 1 heterocycles. The van der Waals surface area contributed by atoms with Gasteiger partial charge in [0.25, 0.3) is 0 Å². The maximum Gasteiger partial charge on any atom is 0.246 e. The van der Waals surface area contributed by atoms with Crippen molar-refractivity contribution in [3.8, 4) is 0 Å². The van der Waals surface area contributed by atoms with E-state index in [0.29, 0.717) is 17.1 Å². The second kappa shape index (κ2) is 5.50. The van der Waals surface area contributed by atoms with E-state index in [2.05, 4.69) is 5.10 Å². The normalized spacial score (nSPS) is 12.0. The van der Waals surface area contributed by atoms with Crippen LogP contribution in [0.4, 0.5) is 5.69 Å². The number of nitrogens with zero attached hydrogens (tertiary/aromatic N) is 3. The molecule has 1 aromatic heterocycles. The van der Waals surface area contributed by atoms with Crippen LogP contribution in [0, 0.1) is 13.8 Å². The minimum Gasteiger partial charge on any atom is -0.398 e. The Kier molecular flexibility index (Phi) is 4.06. The lowest BCUT2D eigenvalue weighted by Crippen LogP contribution is -2.27. The number of sulfonamides is 1. The molecule has 0 aliphatic rings. The number of nitrogen functional groups attached to an aromatic ring is 1. The fourth-order valence-corrected chi connectivity index (χ4v) is 3.83. The van der Waals surface area contributed by atoms with Crippen LogP contribution in [0.3, 0.4) is 0 Å². The van der Waals surface area contributed by atoms with Crippen LogP contribution in [0.5, 0.6) is 0 Å². The van der Waals surface area contributed by atoms with Crippen molar-refractivity contribution < 1.29 is 8.42 Å². The van der Waals surface area contributed by atoms with E-state index < -0.39 is 10.0 Å². The van der Waals surface area contributed by atoms with Crippen molar-refractivity contribution >= 4 is 15.7 Å². The molecule has 2 N–H and O–H groups in total. The molecule has 1 aromatic carbocycles. The Balaban J connectivity index is 2.38. The maximum absolute atomic E-state index is 12.7. The van der Waals surface area contributed by atoms with E-state index in [0.717, 1.165) is 5.56 Å². The van der Waals surface area contributed by atoms with Crippen LogP contribution in [0.1, 0.15) is 17.0 Å². The fourth-order valence-electron chi connectivity index (χ4n) is 2.29. The van der Waals surface area contributed by atoms with Gasteiger partial charge in [0, 0.05) is 26.3 Å². The fraction of sp³-hybridized carbons (Fsp3) is 0.357. The number of anilines is 1. The van der Waals surface area contributed by atoms with Crippen molar-refractivity contribution in [1.29, 1.82) is 0 Å². The van der Waals surface area contributed by atoms with Gasteiger partial charge in [-0.2, -0.15) is 9.40 Å². The second-order valence-corrected chi connectivity index (χ2v) is 7.07. The maximum atomic E-state index is 12.7. The lowest BCUT2D eigenvalue weighted by Gasteiger charge is -2.18. The van der Waals surface area contributed by atoms with Gasteiger partial charge >= 0.3 is 0 Å². The summed E-state index contributed by atoms with van der Waals surface area (Å²) < 4.78 is 28.3. The summed E-state index contributed by atoms with van der Waals surface area (Å²) >= 11 is 0. The molecule has 0 saturated carbocycles. The highest BCUT2D eigenvalue weighted by Gasteiger charge is 2.28. The number of hydrogen-bond acceptors (Lipinski definition) is 4. The third-order valence-corrected chi connectivity index (χ3v) is 5.62. The summed E-state index contributed by atoms with van der Waals surface area (Å²) in [5.41, 5.74) is 8.37. The molecule has 0 spiro atoms. The quantitative estimate of drug-likeness (QED) is 0.867. The van der Waals surface area contributed by atoms with Gasteiger partial charge in [0.2, 0.25) is 10.0 Å². The van der Waals surface area contributed by atoms with E-state index in [1.807, 2.05) is 18.2 Å². The minimum atomic E-state index is -3.60. The first-order chi connectivity index (χ1) is 9.75. The Labute approximate surface area is 125 Å². The molecule has 21 heavy (non-hydrogen) atoms. The molecule has 114 valence electrons. The Hall–Kier alpha value is -1.86. The topological polar surface area (TPSA) is 81.2 Å². The first-order valence-corrected chi connectivity index (χ1v) is 7.99. The average molecular weight is 308 g/mol. The van der Waals surface area contributed by atoms with Crippen LogP contribution in [0.2, 0.25) is 0 Å². The molecule has 6 nitrogen and oxygen atoms in total. The summed E-state index contributed by atoms with van der Waals surface area (Å²) in [6.45, 7) is 3.67. The van der Waals surface area contributed by atoms with Gasteiger partial charge in [0.1, 0.15) is 4.90 Å². The van der Waals surface area contributed by atoms with Gasteiger partial charge < -0.3 is 5.73 Å². The number of rotatable bonds is 4. The molecule has 0 aliphatic heterocycles. The van der Waals surface area contributed by atoms with E-state index in [9.17, 15) is 8.42 Å². The van der Waals surface area contributed by atoms with Crippen LogP contribution in [0.25, 0.3) is 0 Å². The summed E-state index contributed by atoms with van der Waals surface area (Å²) in [7, 11) is -0.318. The van der Waals surface area contributed by atoms with Gasteiger partial charge in [0.05, 0.1) is 11.4 Å². The Morgan fingerprint density at radius 2 is 1.90 bits per heavy atom. The summed E-state index contributed by atoms with van der Waals surface area (Å²) in [5.74, 6) is 0. The zero-order valence-electron chi connectivity index (χ0n) is 12.7. The van der Waals surface area contributed by atoms with Crippen molar-refractivity contribution in [2.75, 3.05) is 12.8 Å². The van der Waals surface area contributed by atoms with Gasteiger partial charge in [-0.05, 0) is 25.5 Å². The molecule has 0 unspecified atom stereocenters. The zero-order valence-corrected chi connectivity index (χ0v) is 13.5. The molecule has 0 aliphatic carbocycles. The molecule has 7 heteroatoms. The monoisotopic (exact) mass is 308 g/mol.